The monoisotopic (exact) mass is 258 g/mol. The van der Waals surface area contributed by atoms with Gasteiger partial charge in [-0.1, -0.05) is 30.3 Å². The van der Waals surface area contributed by atoms with Crippen molar-refractivity contribution >= 4 is 5.91 Å². The smallest absolute Gasteiger partial charge is 0.220 e. The molecule has 1 heterocycles. The molecule has 1 saturated heterocycles. The van der Waals surface area contributed by atoms with Gasteiger partial charge in [0.2, 0.25) is 5.91 Å². The van der Waals surface area contributed by atoms with Crippen LogP contribution in [0.15, 0.2) is 30.3 Å². The maximum absolute atomic E-state index is 12.2. The Morgan fingerprint density at radius 1 is 1.21 bits per heavy atom. The number of piperidine rings is 1. The molecule has 0 unspecified atom stereocenters. The fraction of sp³-hybridized carbons (Fsp3) is 0.562. The standard InChI is InChI=1S/C16H22N2O/c19-15(12-13-6-10-17-11-7-13)18-16(8-9-16)14-4-2-1-3-5-14/h1-5,13,17H,6-12H2,(H,18,19). The molecular formula is C16H22N2O. The lowest BCUT2D eigenvalue weighted by molar-refractivity contribution is -0.123. The molecule has 1 aliphatic heterocycles. The van der Waals surface area contributed by atoms with Gasteiger partial charge >= 0.3 is 0 Å². The predicted molar refractivity (Wildman–Crippen MR) is 75.7 cm³/mol. The number of rotatable bonds is 4. The molecule has 1 saturated carbocycles. The van der Waals surface area contributed by atoms with Crippen LogP contribution in [0.25, 0.3) is 0 Å². The average Bonchev–Trinajstić information content (AvgIpc) is 3.21. The van der Waals surface area contributed by atoms with Crippen molar-refractivity contribution in [3.63, 3.8) is 0 Å². The van der Waals surface area contributed by atoms with E-state index in [9.17, 15) is 4.79 Å². The normalized spacial score (nSPS) is 21.9. The maximum Gasteiger partial charge on any atom is 0.220 e. The van der Waals surface area contributed by atoms with Gasteiger partial charge in [-0.2, -0.15) is 0 Å². The fourth-order valence-corrected chi connectivity index (χ4v) is 3.03. The van der Waals surface area contributed by atoms with Gasteiger partial charge in [0.25, 0.3) is 0 Å². The van der Waals surface area contributed by atoms with Crippen LogP contribution >= 0.6 is 0 Å². The number of carbonyl (C=O) groups excluding carboxylic acids is 1. The number of carbonyl (C=O) groups is 1. The van der Waals surface area contributed by atoms with Gasteiger partial charge in [0.05, 0.1) is 5.54 Å². The van der Waals surface area contributed by atoms with Crippen LogP contribution in [0, 0.1) is 5.92 Å². The Hall–Kier alpha value is -1.35. The molecule has 0 spiro atoms. The zero-order valence-electron chi connectivity index (χ0n) is 11.3. The van der Waals surface area contributed by atoms with Crippen molar-refractivity contribution in [2.24, 2.45) is 5.92 Å². The zero-order valence-corrected chi connectivity index (χ0v) is 11.3. The lowest BCUT2D eigenvalue weighted by Crippen LogP contribution is -2.37. The minimum atomic E-state index is -0.0503. The Kier molecular flexibility index (Phi) is 3.56. The summed E-state index contributed by atoms with van der Waals surface area (Å²) in [5.41, 5.74) is 1.21. The van der Waals surface area contributed by atoms with E-state index in [1.807, 2.05) is 18.2 Å². The van der Waals surface area contributed by atoms with Gasteiger partial charge in [-0.05, 0) is 50.3 Å². The van der Waals surface area contributed by atoms with Gasteiger partial charge in [0.1, 0.15) is 0 Å². The van der Waals surface area contributed by atoms with E-state index in [0.29, 0.717) is 12.3 Å². The Labute approximate surface area is 114 Å². The van der Waals surface area contributed by atoms with Crippen LogP contribution in [-0.2, 0) is 10.3 Å². The van der Waals surface area contributed by atoms with E-state index in [2.05, 4.69) is 22.8 Å². The Morgan fingerprint density at radius 2 is 1.89 bits per heavy atom. The second-order valence-corrected chi connectivity index (χ2v) is 5.89. The first-order valence-corrected chi connectivity index (χ1v) is 7.36. The van der Waals surface area contributed by atoms with E-state index < -0.39 is 0 Å². The second-order valence-electron chi connectivity index (χ2n) is 5.89. The summed E-state index contributed by atoms with van der Waals surface area (Å²) in [5, 5.41) is 6.61. The molecule has 3 rings (SSSR count). The minimum absolute atomic E-state index is 0.0503. The summed E-state index contributed by atoms with van der Waals surface area (Å²) in [7, 11) is 0. The zero-order chi connectivity index (χ0) is 13.1. The highest BCUT2D eigenvalue weighted by atomic mass is 16.1. The van der Waals surface area contributed by atoms with Gasteiger partial charge in [0.15, 0.2) is 0 Å². The summed E-state index contributed by atoms with van der Waals surface area (Å²) in [5.74, 6) is 0.793. The third-order valence-corrected chi connectivity index (χ3v) is 4.39. The Bertz CT molecular complexity index is 433. The summed E-state index contributed by atoms with van der Waals surface area (Å²) in [6.45, 7) is 2.11. The summed E-state index contributed by atoms with van der Waals surface area (Å²) in [6, 6.07) is 10.4. The number of nitrogens with one attached hydrogen (secondary N) is 2. The molecule has 0 bridgehead atoms. The lowest BCUT2D eigenvalue weighted by Gasteiger charge is -2.24. The number of amides is 1. The van der Waals surface area contributed by atoms with Gasteiger partial charge < -0.3 is 10.6 Å². The largest absolute Gasteiger partial charge is 0.347 e. The van der Waals surface area contributed by atoms with E-state index in [0.717, 1.165) is 38.8 Å². The van der Waals surface area contributed by atoms with E-state index in [4.69, 9.17) is 0 Å². The van der Waals surface area contributed by atoms with Crippen molar-refractivity contribution in [2.75, 3.05) is 13.1 Å². The van der Waals surface area contributed by atoms with Crippen LogP contribution in [0.5, 0.6) is 0 Å². The highest BCUT2D eigenvalue weighted by Crippen LogP contribution is 2.45. The van der Waals surface area contributed by atoms with E-state index >= 15 is 0 Å². The second kappa shape index (κ2) is 5.33. The van der Waals surface area contributed by atoms with Crippen LogP contribution in [0.4, 0.5) is 0 Å². The third-order valence-electron chi connectivity index (χ3n) is 4.39. The number of hydrogen-bond donors (Lipinski definition) is 2. The molecule has 3 nitrogen and oxygen atoms in total. The van der Waals surface area contributed by atoms with Crippen molar-refractivity contribution in [1.82, 2.24) is 10.6 Å². The lowest BCUT2D eigenvalue weighted by atomic mass is 9.94. The summed E-state index contributed by atoms with van der Waals surface area (Å²) in [4.78, 5) is 12.2. The van der Waals surface area contributed by atoms with Crippen molar-refractivity contribution < 1.29 is 4.79 Å². The molecule has 0 aromatic heterocycles. The SMILES string of the molecule is O=C(CC1CCNCC1)NC1(c2ccccc2)CC1. The van der Waals surface area contributed by atoms with E-state index in [1.165, 1.54) is 5.56 Å². The Morgan fingerprint density at radius 3 is 2.53 bits per heavy atom. The van der Waals surface area contributed by atoms with Crippen LogP contribution in [0.1, 0.15) is 37.7 Å². The first kappa shape index (κ1) is 12.7. The Balaban J connectivity index is 1.57. The molecule has 1 aromatic carbocycles. The predicted octanol–water partition coefficient (Wildman–Crippen LogP) is 2.18. The molecule has 3 heteroatoms. The minimum Gasteiger partial charge on any atom is -0.347 e. The molecular weight excluding hydrogens is 236 g/mol. The quantitative estimate of drug-likeness (QED) is 0.869. The van der Waals surface area contributed by atoms with Gasteiger partial charge in [-0.15, -0.1) is 0 Å². The highest BCUT2D eigenvalue weighted by molar-refractivity contribution is 5.77. The molecule has 2 aliphatic rings. The van der Waals surface area contributed by atoms with Crippen LogP contribution in [0.2, 0.25) is 0 Å². The summed E-state index contributed by atoms with van der Waals surface area (Å²) >= 11 is 0. The van der Waals surface area contributed by atoms with Crippen LogP contribution in [-0.4, -0.2) is 19.0 Å². The highest BCUT2D eigenvalue weighted by Gasteiger charge is 2.45. The summed E-state index contributed by atoms with van der Waals surface area (Å²) in [6.07, 6.45) is 5.11. The van der Waals surface area contributed by atoms with Gasteiger partial charge in [-0.25, -0.2) is 0 Å². The molecule has 1 amide bonds. The van der Waals surface area contributed by atoms with Crippen LogP contribution < -0.4 is 10.6 Å². The maximum atomic E-state index is 12.2. The van der Waals surface area contributed by atoms with Crippen molar-refractivity contribution in [3.05, 3.63) is 35.9 Å². The topological polar surface area (TPSA) is 41.1 Å². The molecule has 102 valence electrons. The van der Waals surface area contributed by atoms with Crippen molar-refractivity contribution in [3.8, 4) is 0 Å². The van der Waals surface area contributed by atoms with E-state index in [1.54, 1.807) is 0 Å². The van der Waals surface area contributed by atoms with Crippen molar-refractivity contribution in [2.45, 2.75) is 37.6 Å². The molecule has 2 fully saturated rings. The third kappa shape index (κ3) is 2.98. The fourth-order valence-electron chi connectivity index (χ4n) is 3.03. The molecule has 0 atom stereocenters. The van der Waals surface area contributed by atoms with Gasteiger partial charge in [-0.3, -0.25) is 4.79 Å². The first-order chi connectivity index (χ1) is 9.28. The van der Waals surface area contributed by atoms with Crippen molar-refractivity contribution in [1.29, 1.82) is 0 Å². The average molecular weight is 258 g/mol. The summed E-state index contributed by atoms with van der Waals surface area (Å²) < 4.78 is 0. The number of hydrogen-bond acceptors (Lipinski definition) is 2. The molecule has 0 radical (unpaired) electrons. The van der Waals surface area contributed by atoms with Crippen LogP contribution in [0.3, 0.4) is 0 Å². The molecule has 2 N–H and O–H groups in total. The molecule has 1 aliphatic carbocycles. The number of benzene rings is 1. The molecule has 1 aromatic rings. The molecule has 19 heavy (non-hydrogen) atoms. The first-order valence-electron chi connectivity index (χ1n) is 7.36. The van der Waals surface area contributed by atoms with Gasteiger partial charge in [0, 0.05) is 6.42 Å². The van der Waals surface area contributed by atoms with E-state index in [-0.39, 0.29) is 11.4 Å².